The van der Waals surface area contributed by atoms with Gasteiger partial charge >= 0.3 is 17.9 Å². The van der Waals surface area contributed by atoms with E-state index in [1.54, 1.807) is 20.8 Å². The molecule has 0 amide bonds. The van der Waals surface area contributed by atoms with Crippen molar-refractivity contribution in [1.29, 1.82) is 0 Å². The first-order valence-corrected chi connectivity index (χ1v) is 5.68. The van der Waals surface area contributed by atoms with Gasteiger partial charge in [-0.05, 0) is 20.8 Å². The summed E-state index contributed by atoms with van der Waals surface area (Å²) in [7, 11) is 2.15. The molecule has 110 valence electrons. The first-order valence-electron chi connectivity index (χ1n) is 5.68. The van der Waals surface area contributed by atoms with E-state index >= 15 is 0 Å². The Bertz CT molecular complexity index is 342. The molecule has 0 aliphatic heterocycles. The van der Waals surface area contributed by atoms with Crippen molar-refractivity contribution in [2.45, 2.75) is 38.9 Å². The minimum absolute atomic E-state index is 0.472. The predicted molar refractivity (Wildman–Crippen MR) is 64.0 cm³/mol. The predicted octanol–water partition coefficient (Wildman–Crippen LogP) is 0.0413. The van der Waals surface area contributed by atoms with Gasteiger partial charge in [0.2, 0.25) is 0 Å². The van der Waals surface area contributed by atoms with Crippen molar-refractivity contribution in [3.63, 3.8) is 0 Å². The zero-order valence-corrected chi connectivity index (χ0v) is 11.8. The maximum atomic E-state index is 11.6. The molecule has 2 atom stereocenters. The zero-order chi connectivity index (χ0) is 15.2. The van der Waals surface area contributed by atoms with Crippen LogP contribution < -0.4 is 0 Å². The summed E-state index contributed by atoms with van der Waals surface area (Å²) in [5, 5.41) is 9.64. The number of carbonyl (C=O) groups excluding carboxylic acids is 3. The fourth-order valence-corrected chi connectivity index (χ4v) is 1.32. The van der Waals surface area contributed by atoms with E-state index in [1.165, 1.54) is 0 Å². The van der Waals surface area contributed by atoms with Gasteiger partial charge in [-0.1, -0.05) is 0 Å². The van der Waals surface area contributed by atoms with Crippen LogP contribution in [0, 0.1) is 5.92 Å². The summed E-state index contributed by atoms with van der Waals surface area (Å²) in [5.74, 6) is -3.97. The molecule has 7 nitrogen and oxygen atoms in total. The third-order valence-corrected chi connectivity index (χ3v) is 2.13. The highest BCUT2D eigenvalue weighted by Gasteiger charge is 2.36. The number of methoxy groups -OCH3 is 2. The van der Waals surface area contributed by atoms with Gasteiger partial charge in [-0.2, -0.15) is 0 Å². The number of carbonyl (C=O) groups is 3. The van der Waals surface area contributed by atoms with Crippen molar-refractivity contribution in [3.05, 3.63) is 0 Å². The largest absolute Gasteiger partial charge is 0.469 e. The summed E-state index contributed by atoms with van der Waals surface area (Å²) in [5.41, 5.74) is -0.728. The molecule has 0 spiro atoms. The van der Waals surface area contributed by atoms with Crippen LogP contribution in [0.25, 0.3) is 0 Å². The SMILES string of the molecule is COC(=O)C(O)C(CC(=O)OC(C)(C)C)C(=O)OC. The highest BCUT2D eigenvalue weighted by Crippen LogP contribution is 2.17. The summed E-state index contributed by atoms with van der Waals surface area (Å²) in [4.78, 5) is 34.3. The van der Waals surface area contributed by atoms with Crippen molar-refractivity contribution >= 4 is 17.9 Å². The number of ether oxygens (including phenoxy) is 3. The van der Waals surface area contributed by atoms with Gasteiger partial charge in [0, 0.05) is 0 Å². The monoisotopic (exact) mass is 276 g/mol. The van der Waals surface area contributed by atoms with E-state index in [4.69, 9.17) is 4.74 Å². The smallest absolute Gasteiger partial charge is 0.335 e. The van der Waals surface area contributed by atoms with Crippen molar-refractivity contribution in [1.82, 2.24) is 0 Å². The fourth-order valence-electron chi connectivity index (χ4n) is 1.32. The number of hydrogen-bond acceptors (Lipinski definition) is 7. The molecule has 0 aromatic carbocycles. The second-order valence-electron chi connectivity index (χ2n) is 4.89. The fraction of sp³-hybridized carbons (Fsp3) is 0.750. The third kappa shape index (κ3) is 6.19. The zero-order valence-electron chi connectivity index (χ0n) is 11.8. The van der Waals surface area contributed by atoms with Crippen LogP contribution in [0.5, 0.6) is 0 Å². The Kier molecular flexibility index (Phi) is 6.47. The van der Waals surface area contributed by atoms with Gasteiger partial charge in [0.1, 0.15) is 11.5 Å². The maximum Gasteiger partial charge on any atom is 0.335 e. The average molecular weight is 276 g/mol. The molecule has 0 saturated carbocycles. The maximum absolute atomic E-state index is 11.6. The van der Waals surface area contributed by atoms with Crippen LogP contribution in [-0.2, 0) is 28.6 Å². The summed E-state index contributed by atoms with van der Waals surface area (Å²) in [6.07, 6.45) is -2.25. The molecule has 0 bridgehead atoms. The average Bonchev–Trinajstić information content (AvgIpc) is 2.30. The highest BCUT2D eigenvalue weighted by molar-refractivity contribution is 5.87. The van der Waals surface area contributed by atoms with Gasteiger partial charge in [-0.3, -0.25) is 9.59 Å². The first-order chi connectivity index (χ1) is 8.62. The van der Waals surface area contributed by atoms with Crippen molar-refractivity contribution in [3.8, 4) is 0 Å². The highest BCUT2D eigenvalue weighted by atomic mass is 16.6. The summed E-state index contributed by atoms with van der Waals surface area (Å²) in [6.45, 7) is 4.98. The lowest BCUT2D eigenvalue weighted by Crippen LogP contribution is -2.39. The lowest BCUT2D eigenvalue weighted by atomic mass is 9.98. The molecule has 0 aromatic heterocycles. The Hall–Kier alpha value is -1.63. The van der Waals surface area contributed by atoms with Crippen LogP contribution in [0.4, 0.5) is 0 Å². The van der Waals surface area contributed by atoms with E-state index in [-0.39, 0.29) is 0 Å². The number of aliphatic hydroxyl groups excluding tert-OH is 1. The van der Waals surface area contributed by atoms with Crippen molar-refractivity contribution < 1.29 is 33.7 Å². The Balaban J connectivity index is 4.84. The second kappa shape index (κ2) is 7.08. The van der Waals surface area contributed by atoms with Crippen LogP contribution in [0.3, 0.4) is 0 Å². The normalized spacial score (nSPS) is 14.2. The van der Waals surface area contributed by atoms with E-state index in [9.17, 15) is 19.5 Å². The lowest BCUT2D eigenvalue weighted by Gasteiger charge is -2.22. The molecular formula is C12H20O7. The summed E-state index contributed by atoms with van der Waals surface area (Å²) in [6, 6.07) is 0. The molecule has 0 rings (SSSR count). The molecule has 0 radical (unpaired) electrons. The summed E-state index contributed by atoms with van der Waals surface area (Å²) < 4.78 is 13.8. The van der Waals surface area contributed by atoms with Gasteiger partial charge < -0.3 is 19.3 Å². The van der Waals surface area contributed by atoms with Crippen LogP contribution >= 0.6 is 0 Å². The van der Waals surface area contributed by atoms with E-state index in [0.717, 1.165) is 14.2 Å². The molecule has 1 N–H and O–H groups in total. The Labute approximate surface area is 111 Å². The minimum atomic E-state index is -1.77. The number of aliphatic hydroxyl groups is 1. The minimum Gasteiger partial charge on any atom is -0.469 e. The van der Waals surface area contributed by atoms with E-state index < -0.39 is 42.0 Å². The molecule has 0 heterocycles. The molecule has 7 heteroatoms. The Morgan fingerprint density at radius 3 is 1.89 bits per heavy atom. The van der Waals surface area contributed by atoms with Crippen LogP contribution in [0.15, 0.2) is 0 Å². The number of hydrogen-bond donors (Lipinski definition) is 1. The van der Waals surface area contributed by atoms with E-state index in [2.05, 4.69) is 9.47 Å². The Morgan fingerprint density at radius 2 is 1.53 bits per heavy atom. The molecule has 0 saturated heterocycles. The lowest BCUT2D eigenvalue weighted by molar-refractivity contribution is -0.169. The molecular weight excluding hydrogens is 256 g/mol. The molecule has 2 unspecified atom stereocenters. The molecule has 0 fully saturated rings. The second-order valence-corrected chi connectivity index (χ2v) is 4.89. The number of rotatable bonds is 5. The Morgan fingerprint density at radius 1 is 1.05 bits per heavy atom. The van der Waals surface area contributed by atoms with Gasteiger partial charge in [0.25, 0.3) is 0 Å². The van der Waals surface area contributed by atoms with E-state index in [0.29, 0.717) is 0 Å². The van der Waals surface area contributed by atoms with Crippen molar-refractivity contribution in [2.75, 3.05) is 14.2 Å². The first kappa shape index (κ1) is 17.4. The molecule has 19 heavy (non-hydrogen) atoms. The van der Waals surface area contributed by atoms with Gasteiger partial charge in [-0.25, -0.2) is 4.79 Å². The molecule has 0 aromatic rings. The van der Waals surface area contributed by atoms with Crippen LogP contribution in [-0.4, -0.2) is 48.9 Å². The van der Waals surface area contributed by atoms with Gasteiger partial charge in [0.05, 0.1) is 20.6 Å². The number of esters is 3. The third-order valence-electron chi connectivity index (χ3n) is 2.13. The van der Waals surface area contributed by atoms with Gasteiger partial charge in [-0.15, -0.1) is 0 Å². The van der Waals surface area contributed by atoms with E-state index in [1.807, 2.05) is 0 Å². The quantitative estimate of drug-likeness (QED) is 0.559. The van der Waals surface area contributed by atoms with Gasteiger partial charge in [0.15, 0.2) is 6.10 Å². The molecule has 0 aliphatic rings. The topological polar surface area (TPSA) is 99.1 Å². The van der Waals surface area contributed by atoms with Crippen LogP contribution in [0.1, 0.15) is 27.2 Å². The van der Waals surface area contributed by atoms with Crippen molar-refractivity contribution in [2.24, 2.45) is 5.92 Å². The summed E-state index contributed by atoms with van der Waals surface area (Å²) >= 11 is 0. The standard InChI is InChI=1S/C12H20O7/c1-12(2,3)19-8(13)6-7(10(15)17-4)9(14)11(16)18-5/h7,9,14H,6H2,1-5H3. The van der Waals surface area contributed by atoms with Crippen LogP contribution in [0.2, 0.25) is 0 Å². The molecule has 0 aliphatic carbocycles.